The van der Waals surface area contributed by atoms with Crippen LogP contribution >= 0.6 is 0 Å². The fourth-order valence-electron chi connectivity index (χ4n) is 1.75. The summed E-state index contributed by atoms with van der Waals surface area (Å²) >= 11 is 0. The van der Waals surface area contributed by atoms with Gasteiger partial charge in [0.1, 0.15) is 0 Å². The van der Waals surface area contributed by atoms with Crippen LogP contribution in [0.5, 0.6) is 0 Å². The maximum absolute atomic E-state index is 10.1. The molecule has 0 radical (unpaired) electrons. The van der Waals surface area contributed by atoms with E-state index < -0.39 is 5.60 Å². The minimum atomic E-state index is -0.410. The highest BCUT2D eigenvalue weighted by Crippen LogP contribution is 2.26. The van der Waals surface area contributed by atoms with Gasteiger partial charge in [0.05, 0.1) is 5.60 Å². The van der Waals surface area contributed by atoms with Crippen LogP contribution in [-0.4, -0.2) is 23.9 Å². The molecule has 0 saturated carbocycles. The van der Waals surface area contributed by atoms with Crippen molar-refractivity contribution in [3.63, 3.8) is 0 Å². The summed E-state index contributed by atoms with van der Waals surface area (Å²) in [5.74, 6) is 0. The number of unbranched alkanes of at least 4 members (excludes halogenated alkanes) is 1. The number of rotatable bonds is 3. The molecule has 1 rings (SSSR count). The topological polar surface area (TPSA) is 29.5 Å². The van der Waals surface area contributed by atoms with E-state index in [4.69, 9.17) is 4.74 Å². The van der Waals surface area contributed by atoms with Crippen LogP contribution in [0.1, 0.15) is 45.4 Å². The summed E-state index contributed by atoms with van der Waals surface area (Å²) in [6.45, 7) is 3.73. The van der Waals surface area contributed by atoms with Crippen LogP contribution in [0.3, 0.4) is 0 Å². The Balaban J connectivity index is 2.32. The molecule has 1 N–H and O–H groups in total. The van der Waals surface area contributed by atoms with Crippen molar-refractivity contribution in [2.75, 3.05) is 13.2 Å². The van der Waals surface area contributed by atoms with E-state index in [0.29, 0.717) is 0 Å². The predicted octanol–water partition coefficient (Wildman–Crippen LogP) is 2.11. The van der Waals surface area contributed by atoms with Crippen LogP contribution in [0.4, 0.5) is 0 Å². The fourth-order valence-corrected chi connectivity index (χ4v) is 1.75. The van der Waals surface area contributed by atoms with Crippen molar-refractivity contribution in [2.45, 2.75) is 51.0 Å². The summed E-state index contributed by atoms with van der Waals surface area (Å²) < 4.78 is 5.31. The monoisotopic (exact) mass is 172 g/mol. The molecule has 2 heteroatoms. The minimum absolute atomic E-state index is 0.410. The van der Waals surface area contributed by atoms with Crippen molar-refractivity contribution in [1.82, 2.24) is 0 Å². The molecule has 0 aromatic rings. The van der Waals surface area contributed by atoms with Crippen molar-refractivity contribution in [3.8, 4) is 0 Å². The molecule has 0 amide bonds. The molecule has 0 aliphatic carbocycles. The number of aliphatic hydroxyl groups is 1. The molecule has 1 fully saturated rings. The average Bonchev–Trinajstić information content (AvgIpc) is 2.27. The Hall–Kier alpha value is -0.0800. The standard InChI is InChI=1S/C10H20O2/c1-2-3-5-10(11)6-4-8-12-9-7-10/h11H,2-9H2,1H3. The Morgan fingerprint density at radius 1 is 1.33 bits per heavy atom. The largest absolute Gasteiger partial charge is 0.390 e. The Kier molecular flexibility index (Phi) is 4.02. The molecule has 1 aliphatic rings. The van der Waals surface area contributed by atoms with Gasteiger partial charge in [-0.2, -0.15) is 0 Å². The molecule has 72 valence electrons. The quantitative estimate of drug-likeness (QED) is 0.706. The first-order valence-corrected chi connectivity index (χ1v) is 5.07. The van der Waals surface area contributed by atoms with Crippen molar-refractivity contribution in [2.24, 2.45) is 0 Å². The maximum atomic E-state index is 10.1. The highest BCUT2D eigenvalue weighted by Gasteiger charge is 2.27. The fraction of sp³-hybridized carbons (Fsp3) is 1.00. The molecular formula is C10H20O2. The molecule has 0 bridgehead atoms. The van der Waals surface area contributed by atoms with Crippen LogP contribution in [0.15, 0.2) is 0 Å². The Labute approximate surface area is 74.9 Å². The van der Waals surface area contributed by atoms with Crippen molar-refractivity contribution >= 4 is 0 Å². The number of hydrogen-bond acceptors (Lipinski definition) is 2. The van der Waals surface area contributed by atoms with E-state index in [-0.39, 0.29) is 0 Å². The average molecular weight is 172 g/mol. The second-order valence-corrected chi connectivity index (χ2v) is 3.79. The summed E-state index contributed by atoms with van der Waals surface area (Å²) in [6, 6.07) is 0. The molecular weight excluding hydrogens is 152 g/mol. The van der Waals surface area contributed by atoms with E-state index in [9.17, 15) is 5.11 Å². The Morgan fingerprint density at radius 3 is 2.92 bits per heavy atom. The van der Waals surface area contributed by atoms with Crippen molar-refractivity contribution in [1.29, 1.82) is 0 Å². The molecule has 1 saturated heterocycles. The molecule has 2 nitrogen and oxygen atoms in total. The first-order valence-electron chi connectivity index (χ1n) is 5.07. The van der Waals surface area contributed by atoms with Gasteiger partial charge in [0.25, 0.3) is 0 Å². The lowest BCUT2D eigenvalue weighted by Gasteiger charge is -2.25. The zero-order valence-electron chi connectivity index (χ0n) is 8.01. The van der Waals surface area contributed by atoms with Crippen molar-refractivity contribution < 1.29 is 9.84 Å². The second-order valence-electron chi connectivity index (χ2n) is 3.79. The lowest BCUT2D eigenvalue weighted by atomic mass is 9.89. The Morgan fingerprint density at radius 2 is 2.17 bits per heavy atom. The van der Waals surface area contributed by atoms with Gasteiger partial charge in [0.15, 0.2) is 0 Å². The van der Waals surface area contributed by atoms with Gasteiger partial charge in [-0.3, -0.25) is 0 Å². The maximum Gasteiger partial charge on any atom is 0.0670 e. The third-order valence-corrected chi connectivity index (χ3v) is 2.64. The van der Waals surface area contributed by atoms with Gasteiger partial charge in [-0.05, 0) is 25.7 Å². The zero-order chi connectivity index (χ0) is 8.86. The van der Waals surface area contributed by atoms with Gasteiger partial charge in [0.2, 0.25) is 0 Å². The normalized spacial score (nSPS) is 31.5. The van der Waals surface area contributed by atoms with Crippen LogP contribution in [-0.2, 0) is 4.74 Å². The highest BCUT2D eigenvalue weighted by molar-refractivity contribution is 4.79. The summed E-state index contributed by atoms with van der Waals surface area (Å²) in [5, 5.41) is 10.1. The van der Waals surface area contributed by atoms with Gasteiger partial charge in [-0.15, -0.1) is 0 Å². The molecule has 1 aliphatic heterocycles. The van der Waals surface area contributed by atoms with Crippen LogP contribution in [0.2, 0.25) is 0 Å². The third kappa shape index (κ3) is 3.11. The highest BCUT2D eigenvalue weighted by atomic mass is 16.5. The number of hydrogen-bond donors (Lipinski definition) is 1. The van der Waals surface area contributed by atoms with E-state index in [0.717, 1.165) is 45.3 Å². The number of ether oxygens (including phenoxy) is 1. The van der Waals surface area contributed by atoms with E-state index in [1.165, 1.54) is 6.42 Å². The van der Waals surface area contributed by atoms with E-state index in [2.05, 4.69) is 6.92 Å². The first-order chi connectivity index (χ1) is 5.77. The van der Waals surface area contributed by atoms with Gasteiger partial charge in [0, 0.05) is 13.2 Å². The Bertz CT molecular complexity index is 115. The molecule has 1 unspecified atom stereocenters. The summed E-state index contributed by atoms with van der Waals surface area (Å²) in [7, 11) is 0. The summed E-state index contributed by atoms with van der Waals surface area (Å²) in [6.07, 6.45) is 6.02. The molecule has 0 spiro atoms. The SMILES string of the molecule is CCCCC1(O)CCCOCC1. The van der Waals surface area contributed by atoms with E-state index >= 15 is 0 Å². The second kappa shape index (κ2) is 4.83. The van der Waals surface area contributed by atoms with Crippen LogP contribution < -0.4 is 0 Å². The van der Waals surface area contributed by atoms with Crippen LogP contribution in [0, 0.1) is 0 Å². The summed E-state index contributed by atoms with van der Waals surface area (Å²) in [4.78, 5) is 0. The smallest absolute Gasteiger partial charge is 0.0670 e. The zero-order valence-corrected chi connectivity index (χ0v) is 8.01. The minimum Gasteiger partial charge on any atom is -0.390 e. The van der Waals surface area contributed by atoms with Gasteiger partial charge in [-0.25, -0.2) is 0 Å². The summed E-state index contributed by atoms with van der Waals surface area (Å²) in [5.41, 5.74) is -0.410. The van der Waals surface area contributed by atoms with E-state index in [1.807, 2.05) is 0 Å². The predicted molar refractivity (Wildman–Crippen MR) is 49.1 cm³/mol. The molecule has 1 heterocycles. The lowest BCUT2D eigenvalue weighted by molar-refractivity contribution is 0.00885. The third-order valence-electron chi connectivity index (χ3n) is 2.64. The molecule has 1 atom stereocenters. The van der Waals surface area contributed by atoms with Gasteiger partial charge < -0.3 is 9.84 Å². The van der Waals surface area contributed by atoms with E-state index in [1.54, 1.807) is 0 Å². The first kappa shape index (κ1) is 10.0. The lowest BCUT2D eigenvalue weighted by Crippen LogP contribution is -2.28. The van der Waals surface area contributed by atoms with Gasteiger partial charge >= 0.3 is 0 Å². The van der Waals surface area contributed by atoms with Gasteiger partial charge in [-0.1, -0.05) is 19.8 Å². The molecule has 0 aromatic heterocycles. The molecule has 0 aromatic carbocycles. The molecule has 12 heavy (non-hydrogen) atoms. The van der Waals surface area contributed by atoms with Crippen LogP contribution in [0.25, 0.3) is 0 Å². The van der Waals surface area contributed by atoms with Crippen molar-refractivity contribution in [3.05, 3.63) is 0 Å².